The van der Waals surface area contributed by atoms with Gasteiger partial charge < -0.3 is 14.2 Å². The predicted octanol–water partition coefficient (Wildman–Crippen LogP) is 0.580. The van der Waals surface area contributed by atoms with Crippen molar-refractivity contribution in [2.45, 2.75) is 12.5 Å². The number of hydrazine groups is 1. The monoisotopic (exact) mass is 423 g/mol. The number of ether oxygens (including phenoxy) is 3. The van der Waals surface area contributed by atoms with Crippen LogP contribution in [0.15, 0.2) is 30.3 Å². The lowest BCUT2D eigenvalue weighted by Gasteiger charge is -2.34. The average Bonchev–Trinajstić information content (AvgIpc) is 3.46. The Kier molecular flexibility index (Phi) is 4.68. The van der Waals surface area contributed by atoms with E-state index in [4.69, 9.17) is 20.1 Å². The van der Waals surface area contributed by atoms with Crippen molar-refractivity contribution in [2.24, 2.45) is 5.84 Å². The molecule has 3 aromatic rings. The quantitative estimate of drug-likeness (QED) is 0.352. The Morgan fingerprint density at radius 3 is 2.97 bits per heavy atom. The zero-order valence-electron chi connectivity index (χ0n) is 17.0. The average molecular weight is 423 g/mol. The fraction of sp³-hybridized carbons (Fsp3) is 0.300. The molecule has 3 N–H and O–H groups in total. The Bertz CT molecular complexity index is 1160. The summed E-state index contributed by atoms with van der Waals surface area (Å²) in [6.45, 7) is 0.923. The molecule has 1 amide bonds. The van der Waals surface area contributed by atoms with E-state index in [-0.39, 0.29) is 12.8 Å². The highest BCUT2D eigenvalue weighted by molar-refractivity contribution is 5.97. The normalized spacial score (nSPS) is 17.3. The Morgan fingerprint density at radius 2 is 2.16 bits per heavy atom. The summed E-state index contributed by atoms with van der Waals surface area (Å²) in [5.74, 6) is 7.32. The number of nitrogens with zero attached hydrogens (tertiary/aromatic N) is 5. The largest absolute Gasteiger partial charge is 0.492 e. The molecule has 11 heteroatoms. The first-order valence-corrected chi connectivity index (χ1v) is 9.72. The third-order valence-corrected chi connectivity index (χ3v) is 5.64. The Balaban J connectivity index is 1.70. The maximum Gasteiger partial charge on any atom is 0.267 e. The summed E-state index contributed by atoms with van der Waals surface area (Å²) in [4.78, 5) is 14.5. The van der Waals surface area contributed by atoms with Crippen LogP contribution in [0.4, 0.5) is 0 Å². The maximum atomic E-state index is 12.3. The number of likely N-dealkylation sites (N-methyl/N-ethyl adjacent to an activating group) is 1. The molecule has 0 saturated heterocycles. The molecule has 0 radical (unpaired) electrons. The van der Waals surface area contributed by atoms with E-state index in [2.05, 4.69) is 25.9 Å². The summed E-state index contributed by atoms with van der Waals surface area (Å²) in [5, 5.41) is 12.4. The molecular formula is C20H21N7O4. The van der Waals surface area contributed by atoms with Gasteiger partial charge >= 0.3 is 0 Å². The van der Waals surface area contributed by atoms with Crippen molar-refractivity contribution in [2.75, 3.05) is 27.5 Å². The van der Waals surface area contributed by atoms with Gasteiger partial charge in [-0.25, -0.2) is 5.84 Å². The third kappa shape index (κ3) is 2.97. The topological polar surface area (TPSA) is 130 Å². The van der Waals surface area contributed by atoms with E-state index in [0.717, 1.165) is 24.1 Å². The number of hydrogen-bond acceptors (Lipinski definition) is 9. The zero-order valence-corrected chi connectivity index (χ0v) is 17.0. The Labute approximate surface area is 177 Å². The standard InChI is InChI=1S/C20H21N7O4/c1-26-8-7-11-9-14-17(31-10-30-14)18(29-2)15(11)16(26)19-23-24-25-27(19)13-6-4-3-5-12(13)20(28)22-21/h3-6,9,16H,7-8,10,21H2,1-2H3,(H,22,28)/t16-/m1/s1. The van der Waals surface area contributed by atoms with Crippen LogP contribution >= 0.6 is 0 Å². The molecule has 11 nitrogen and oxygen atoms in total. The molecule has 2 aliphatic rings. The molecule has 3 heterocycles. The minimum atomic E-state index is -0.435. The molecule has 1 aromatic heterocycles. The van der Waals surface area contributed by atoms with Gasteiger partial charge in [-0.05, 0) is 47.7 Å². The number of nitrogen functional groups attached to an aromatic ring is 1. The number of carbonyl (C=O) groups is 1. The molecule has 0 saturated carbocycles. The van der Waals surface area contributed by atoms with E-state index in [1.165, 1.54) is 0 Å². The number of rotatable bonds is 4. The van der Waals surface area contributed by atoms with E-state index >= 15 is 0 Å². The fourth-order valence-corrected chi connectivity index (χ4v) is 4.22. The van der Waals surface area contributed by atoms with Gasteiger partial charge in [0.1, 0.15) is 6.04 Å². The van der Waals surface area contributed by atoms with Gasteiger partial charge in [-0.15, -0.1) is 5.10 Å². The number of aromatic nitrogens is 4. The predicted molar refractivity (Wildman–Crippen MR) is 108 cm³/mol. The molecule has 5 rings (SSSR count). The number of hydrogen-bond donors (Lipinski definition) is 2. The first kappa shape index (κ1) is 19.3. The molecule has 0 fully saturated rings. The van der Waals surface area contributed by atoms with Crippen LogP contribution in [-0.4, -0.2) is 58.5 Å². The number of nitrogens with two attached hydrogens (primary N) is 1. The molecular weight excluding hydrogens is 402 g/mol. The van der Waals surface area contributed by atoms with Crippen molar-refractivity contribution in [1.82, 2.24) is 30.5 Å². The molecule has 1 atom stereocenters. The first-order valence-electron chi connectivity index (χ1n) is 9.72. The zero-order chi connectivity index (χ0) is 21.5. The summed E-state index contributed by atoms with van der Waals surface area (Å²) >= 11 is 0. The van der Waals surface area contributed by atoms with Crippen LogP contribution in [0.1, 0.15) is 33.4 Å². The summed E-state index contributed by atoms with van der Waals surface area (Å²) in [7, 11) is 3.60. The number of methoxy groups -OCH3 is 1. The van der Waals surface area contributed by atoms with Crippen LogP contribution in [0, 0.1) is 0 Å². The minimum Gasteiger partial charge on any atom is -0.492 e. The van der Waals surface area contributed by atoms with Crippen LogP contribution in [0.3, 0.4) is 0 Å². The number of benzene rings is 2. The molecule has 0 aliphatic carbocycles. The van der Waals surface area contributed by atoms with Gasteiger partial charge in [-0.2, -0.15) is 4.68 Å². The van der Waals surface area contributed by atoms with Crippen LogP contribution in [0.5, 0.6) is 17.2 Å². The summed E-state index contributed by atoms with van der Waals surface area (Å²) in [6.07, 6.45) is 0.809. The van der Waals surface area contributed by atoms with Crippen molar-refractivity contribution in [3.05, 3.63) is 52.8 Å². The maximum absolute atomic E-state index is 12.3. The van der Waals surface area contributed by atoms with E-state index in [1.807, 2.05) is 19.2 Å². The van der Waals surface area contributed by atoms with Crippen molar-refractivity contribution in [3.63, 3.8) is 0 Å². The molecule has 160 valence electrons. The van der Waals surface area contributed by atoms with Crippen LogP contribution in [0.25, 0.3) is 5.69 Å². The lowest BCUT2D eigenvalue weighted by molar-refractivity contribution is 0.0953. The highest BCUT2D eigenvalue weighted by atomic mass is 16.7. The van der Waals surface area contributed by atoms with E-state index in [1.54, 1.807) is 30.0 Å². The number of carbonyl (C=O) groups excluding carboxylic acids is 1. The lowest BCUT2D eigenvalue weighted by Crippen LogP contribution is -2.35. The van der Waals surface area contributed by atoms with Gasteiger partial charge in [-0.3, -0.25) is 15.1 Å². The molecule has 2 aromatic carbocycles. The van der Waals surface area contributed by atoms with E-state index in [0.29, 0.717) is 34.3 Å². The summed E-state index contributed by atoms with van der Waals surface area (Å²) < 4.78 is 18.6. The Hall–Kier alpha value is -3.70. The fourth-order valence-electron chi connectivity index (χ4n) is 4.22. The van der Waals surface area contributed by atoms with Crippen molar-refractivity contribution < 1.29 is 19.0 Å². The van der Waals surface area contributed by atoms with Crippen LogP contribution in [0.2, 0.25) is 0 Å². The number of fused-ring (bicyclic) bond motifs is 2. The van der Waals surface area contributed by atoms with Gasteiger partial charge in [0.15, 0.2) is 17.3 Å². The third-order valence-electron chi connectivity index (χ3n) is 5.64. The summed E-state index contributed by atoms with van der Waals surface area (Å²) in [5.41, 5.74) is 5.04. The van der Waals surface area contributed by atoms with Gasteiger partial charge in [0.05, 0.1) is 18.4 Å². The van der Waals surface area contributed by atoms with Gasteiger partial charge in [-0.1, -0.05) is 12.1 Å². The van der Waals surface area contributed by atoms with Gasteiger partial charge in [0.2, 0.25) is 12.5 Å². The van der Waals surface area contributed by atoms with Gasteiger partial charge in [0.25, 0.3) is 5.91 Å². The molecule has 31 heavy (non-hydrogen) atoms. The SMILES string of the molecule is COc1c2c(cc3c1[C@H](c1nnnn1-c1ccccc1C(=O)NN)N(C)CC3)OCO2. The highest BCUT2D eigenvalue weighted by Gasteiger charge is 2.38. The lowest BCUT2D eigenvalue weighted by atomic mass is 9.90. The first-order chi connectivity index (χ1) is 15.1. The van der Waals surface area contributed by atoms with Crippen molar-refractivity contribution in [1.29, 1.82) is 0 Å². The second-order valence-corrected chi connectivity index (χ2v) is 7.29. The second-order valence-electron chi connectivity index (χ2n) is 7.29. The van der Waals surface area contributed by atoms with Crippen LogP contribution in [-0.2, 0) is 6.42 Å². The van der Waals surface area contributed by atoms with Crippen molar-refractivity contribution in [3.8, 4) is 22.9 Å². The Morgan fingerprint density at radius 1 is 1.32 bits per heavy atom. The second kappa shape index (κ2) is 7.52. The number of amides is 1. The molecule has 0 unspecified atom stereocenters. The number of para-hydroxylation sites is 1. The molecule has 2 aliphatic heterocycles. The van der Waals surface area contributed by atoms with Gasteiger partial charge in [0, 0.05) is 12.1 Å². The van der Waals surface area contributed by atoms with E-state index < -0.39 is 5.91 Å². The van der Waals surface area contributed by atoms with Crippen molar-refractivity contribution >= 4 is 5.91 Å². The molecule has 0 spiro atoms. The summed E-state index contributed by atoms with van der Waals surface area (Å²) in [6, 6.07) is 8.65. The smallest absolute Gasteiger partial charge is 0.267 e. The minimum absolute atomic E-state index is 0.147. The van der Waals surface area contributed by atoms with Crippen LogP contribution < -0.4 is 25.5 Å². The van der Waals surface area contributed by atoms with E-state index in [9.17, 15) is 4.79 Å². The number of tetrazole rings is 1. The molecule has 0 bridgehead atoms. The number of nitrogens with one attached hydrogen (secondary N) is 1. The highest BCUT2D eigenvalue weighted by Crippen LogP contribution is 2.50.